The summed E-state index contributed by atoms with van der Waals surface area (Å²) in [5.74, 6) is 0.0282. The van der Waals surface area contributed by atoms with Crippen LogP contribution < -0.4 is 20.7 Å². The summed E-state index contributed by atoms with van der Waals surface area (Å²) in [5.41, 5.74) is 29.9. The normalized spacial score (nSPS) is 13.0. The molecule has 1 heteroatoms. The second-order valence-corrected chi connectivity index (χ2v) is 31.1. The zero-order valence-corrected chi connectivity index (χ0v) is 56.8. The average Bonchev–Trinajstić information content (AvgIpc) is 1.71. The Balaban J connectivity index is 0.767. The molecule has 17 aromatic rings. The van der Waals surface area contributed by atoms with Crippen molar-refractivity contribution in [1.82, 2.24) is 0 Å². The van der Waals surface area contributed by atoms with Crippen molar-refractivity contribution in [2.24, 2.45) is 0 Å². The van der Waals surface area contributed by atoms with E-state index in [2.05, 4.69) is 400 Å². The van der Waals surface area contributed by atoms with Crippen molar-refractivity contribution < 1.29 is 0 Å². The SMILES string of the molecule is c1ccc(-c2cc(-c3ccccc3)cc(-c3c4ccccc4c(-c4cc(-c5ccccc5)cc(-c5cccc(-c6ccc7c(c6)-c6ccccc6C7c6cc(C7c8ccccc8-c8ccccc87)cc([Si](c7ccccc7)(c7ccccc7)c7ccccc7)c6)c5)c4)c4ccccc34)c2)cc1. The number of fused-ring (bicyclic) bond motifs is 8. The van der Waals surface area contributed by atoms with E-state index in [1.54, 1.807) is 0 Å². The molecule has 0 aromatic heterocycles. The van der Waals surface area contributed by atoms with Crippen LogP contribution in [-0.2, 0) is 0 Å². The fraction of sp³-hybridized carbons (Fsp3) is 0.0200. The van der Waals surface area contributed by atoms with E-state index in [1.807, 2.05) is 0 Å². The Bertz CT molecular complexity index is 5740. The monoisotopic (exact) mass is 1300 g/mol. The van der Waals surface area contributed by atoms with E-state index in [9.17, 15) is 0 Å². The zero-order chi connectivity index (χ0) is 66.8. The second-order valence-electron chi connectivity index (χ2n) is 27.3. The maximum atomic E-state index is 2.63. The highest BCUT2D eigenvalue weighted by atomic mass is 28.3. The molecule has 0 bridgehead atoms. The minimum absolute atomic E-state index is 0.0206. The van der Waals surface area contributed by atoms with Crippen molar-refractivity contribution in [3.05, 3.63) is 434 Å². The van der Waals surface area contributed by atoms with Crippen molar-refractivity contribution in [2.45, 2.75) is 11.8 Å². The molecule has 472 valence electrons. The zero-order valence-electron chi connectivity index (χ0n) is 55.8. The van der Waals surface area contributed by atoms with E-state index in [0.29, 0.717) is 0 Å². The van der Waals surface area contributed by atoms with Crippen LogP contribution in [0.15, 0.2) is 400 Å². The molecule has 0 saturated heterocycles. The second kappa shape index (κ2) is 25.1. The molecule has 2 aliphatic rings. The van der Waals surface area contributed by atoms with Gasteiger partial charge >= 0.3 is 0 Å². The van der Waals surface area contributed by atoms with Crippen LogP contribution in [0.25, 0.3) is 122 Å². The number of hydrogen-bond acceptors (Lipinski definition) is 0. The molecule has 0 fully saturated rings. The van der Waals surface area contributed by atoms with Gasteiger partial charge < -0.3 is 0 Å². The first-order chi connectivity index (χ1) is 50.1. The lowest BCUT2D eigenvalue weighted by Crippen LogP contribution is -2.74. The van der Waals surface area contributed by atoms with E-state index in [-0.39, 0.29) is 11.8 Å². The van der Waals surface area contributed by atoms with Gasteiger partial charge in [0.25, 0.3) is 0 Å². The van der Waals surface area contributed by atoms with Gasteiger partial charge in [-0.1, -0.05) is 352 Å². The predicted molar refractivity (Wildman–Crippen MR) is 429 cm³/mol. The van der Waals surface area contributed by atoms with Crippen LogP contribution in [0.1, 0.15) is 45.2 Å². The Labute approximate surface area is 592 Å². The third kappa shape index (κ3) is 10.3. The molecule has 0 aliphatic heterocycles. The minimum atomic E-state index is -3.03. The van der Waals surface area contributed by atoms with Crippen LogP contribution in [0, 0.1) is 0 Å². The third-order valence-corrected chi connectivity index (χ3v) is 26.4. The maximum absolute atomic E-state index is 3.03. The van der Waals surface area contributed by atoms with Gasteiger partial charge in [-0.3, -0.25) is 0 Å². The van der Waals surface area contributed by atoms with Gasteiger partial charge in [0.2, 0.25) is 0 Å². The van der Waals surface area contributed by atoms with Crippen LogP contribution in [-0.4, -0.2) is 8.07 Å². The van der Waals surface area contributed by atoms with Gasteiger partial charge in [0.05, 0.1) is 0 Å². The number of benzene rings is 17. The quantitative estimate of drug-likeness (QED) is 0.0613. The van der Waals surface area contributed by atoms with E-state index in [4.69, 9.17) is 0 Å². The van der Waals surface area contributed by atoms with Gasteiger partial charge in [-0.15, -0.1) is 0 Å². The molecule has 101 heavy (non-hydrogen) atoms. The maximum Gasteiger partial charge on any atom is 0.179 e. The van der Waals surface area contributed by atoms with E-state index >= 15 is 0 Å². The lowest BCUT2D eigenvalue weighted by Gasteiger charge is -2.36. The van der Waals surface area contributed by atoms with Crippen molar-refractivity contribution in [3.8, 4) is 100 Å². The highest BCUT2D eigenvalue weighted by Gasteiger charge is 2.44. The molecule has 0 heterocycles. The summed E-state index contributed by atoms with van der Waals surface area (Å²) in [5, 5.41) is 10.4. The fourth-order valence-corrected chi connectivity index (χ4v) is 22.1. The van der Waals surface area contributed by atoms with Gasteiger partial charge in [-0.05, 0) is 224 Å². The molecule has 0 radical (unpaired) electrons. The molecular formula is C100H68Si. The molecule has 0 spiro atoms. The van der Waals surface area contributed by atoms with E-state index in [0.717, 1.165) is 0 Å². The molecule has 0 nitrogen and oxygen atoms in total. The highest BCUT2D eigenvalue weighted by Crippen LogP contribution is 2.53. The lowest BCUT2D eigenvalue weighted by atomic mass is 9.83. The largest absolute Gasteiger partial charge is 0.179 e. The summed E-state index contributed by atoms with van der Waals surface area (Å²) in [4.78, 5) is 0. The highest BCUT2D eigenvalue weighted by molar-refractivity contribution is 7.20. The molecule has 19 rings (SSSR count). The van der Waals surface area contributed by atoms with Gasteiger partial charge in [-0.2, -0.15) is 0 Å². The third-order valence-electron chi connectivity index (χ3n) is 21.7. The lowest BCUT2D eigenvalue weighted by molar-refractivity contribution is 0.975. The Morgan fingerprint density at radius 1 is 0.158 bits per heavy atom. The molecule has 1 unspecified atom stereocenters. The molecule has 0 saturated carbocycles. The van der Waals surface area contributed by atoms with Crippen LogP contribution in [0.5, 0.6) is 0 Å². The van der Waals surface area contributed by atoms with E-state index in [1.165, 1.54) is 176 Å². The smallest absolute Gasteiger partial charge is 0.0623 e. The summed E-state index contributed by atoms with van der Waals surface area (Å²) in [7, 11) is -3.03. The Kier molecular flexibility index (Phi) is 14.8. The first-order valence-corrected chi connectivity index (χ1v) is 37.3. The number of rotatable bonds is 13. The van der Waals surface area contributed by atoms with Crippen molar-refractivity contribution in [1.29, 1.82) is 0 Å². The summed E-state index contributed by atoms with van der Waals surface area (Å²) in [6, 6.07) is 151. The van der Waals surface area contributed by atoms with Gasteiger partial charge in [-0.25, -0.2) is 0 Å². The van der Waals surface area contributed by atoms with Crippen molar-refractivity contribution in [3.63, 3.8) is 0 Å². The van der Waals surface area contributed by atoms with Crippen LogP contribution in [0.3, 0.4) is 0 Å². The number of hydrogen-bond donors (Lipinski definition) is 0. The first kappa shape index (κ1) is 59.7. The van der Waals surface area contributed by atoms with Gasteiger partial charge in [0.15, 0.2) is 8.07 Å². The van der Waals surface area contributed by atoms with Crippen molar-refractivity contribution >= 4 is 50.4 Å². The summed E-state index contributed by atoms with van der Waals surface area (Å²) < 4.78 is 0. The molecular weight excluding hydrogens is 1230 g/mol. The first-order valence-electron chi connectivity index (χ1n) is 35.3. The Morgan fingerprint density at radius 2 is 0.436 bits per heavy atom. The van der Waals surface area contributed by atoms with Crippen LogP contribution in [0.2, 0.25) is 0 Å². The Hall–Kier alpha value is -12.5. The summed E-state index contributed by atoms with van der Waals surface area (Å²) >= 11 is 0. The predicted octanol–water partition coefficient (Wildman–Crippen LogP) is 23.4. The Morgan fingerprint density at radius 3 is 0.832 bits per heavy atom. The van der Waals surface area contributed by atoms with Crippen LogP contribution >= 0.6 is 0 Å². The van der Waals surface area contributed by atoms with Crippen molar-refractivity contribution in [2.75, 3.05) is 0 Å². The summed E-state index contributed by atoms with van der Waals surface area (Å²) in [6.45, 7) is 0. The minimum Gasteiger partial charge on any atom is -0.0623 e. The topological polar surface area (TPSA) is 0 Å². The fourth-order valence-electron chi connectivity index (χ4n) is 17.3. The molecule has 1 atom stereocenters. The standard InChI is InChI=1S/C100H68Si/c1-7-30-67(31-8-1)73-57-74(68-32-9-2-10-33-68)60-77(59-73)97-91-50-25-27-52-93(91)98(94-53-28-26-51-92(94)97)78-61-75(69-34-11-3-12-35-69)58-76(62-78)71-37-29-36-70(56-71)72-54-55-95-96(66-72)87-46-21-24-49-90(87)100(95)80-63-79(99-88-47-22-19-44-85(88)86-45-20-23-48-89(86)99)64-84(65-80)101(81-38-13-4-14-39-81,82-40-15-5-16-41-82)83-42-17-6-18-43-83/h1-66,99-100H. The molecule has 17 aromatic carbocycles. The van der Waals surface area contributed by atoms with Crippen LogP contribution in [0.4, 0.5) is 0 Å². The average molecular weight is 1300 g/mol. The molecule has 2 aliphatic carbocycles. The molecule has 0 amide bonds. The van der Waals surface area contributed by atoms with Gasteiger partial charge in [0, 0.05) is 11.8 Å². The van der Waals surface area contributed by atoms with Gasteiger partial charge in [0.1, 0.15) is 0 Å². The summed E-state index contributed by atoms with van der Waals surface area (Å²) in [6.07, 6.45) is 0. The molecule has 0 N–H and O–H groups in total. The van der Waals surface area contributed by atoms with E-state index < -0.39 is 8.07 Å².